The minimum absolute atomic E-state index is 0.238. The van der Waals surface area contributed by atoms with E-state index in [0.717, 1.165) is 48.2 Å². The predicted molar refractivity (Wildman–Crippen MR) is 110 cm³/mol. The van der Waals surface area contributed by atoms with Crippen molar-refractivity contribution in [3.63, 3.8) is 0 Å². The average Bonchev–Trinajstić information content (AvgIpc) is 3.34. The van der Waals surface area contributed by atoms with E-state index < -0.39 is 5.60 Å². The standard InChI is InChI=1S/C23H19N5O2/c29-22-16-8-11-24-12-17(16)23(30-22)9-6-15(7-10-23)20-26-18-13-25-19(27-21(18)28-20)14-4-2-1-3-5-14/h1-5,8,11-13,15H,6-7,9-10H2,(H,25,26,27,28). The Balaban J connectivity index is 1.26. The highest BCUT2D eigenvalue weighted by Crippen LogP contribution is 2.49. The van der Waals surface area contributed by atoms with Crippen LogP contribution in [0.3, 0.4) is 0 Å². The lowest BCUT2D eigenvalue weighted by atomic mass is 9.75. The summed E-state index contributed by atoms with van der Waals surface area (Å²) in [6, 6.07) is 11.7. The Hall–Kier alpha value is -3.61. The summed E-state index contributed by atoms with van der Waals surface area (Å²) < 4.78 is 5.84. The SMILES string of the molecule is O=C1OC2(CCC(c3nc4nc(-c5ccccc5)ncc4[nH]3)CC2)c2cnccc21. The summed E-state index contributed by atoms with van der Waals surface area (Å²) in [6.07, 6.45) is 8.50. The molecular weight excluding hydrogens is 378 g/mol. The first-order valence-electron chi connectivity index (χ1n) is 10.2. The van der Waals surface area contributed by atoms with Crippen molar-refractivity contribution < 1.29 is 9.53 Å². The topological polar surface area (TPSA) is 93.6 Å². The number of carbonyl (C=O) groups excluding carboxylic acids is 1. The molecule has 2 aliphatic rings. The van der Waals surface area contributed by atoms with Gasteiger partial charge in [0.05, 0.1) is 11.8 Å². The van der Waals surface area contributed by atoms with Crippen molar-refractivity contribution in [2.45, 2.75) is 37.2 Å². The molecule has 1 spiro atoms. The quantitative estimate of drug-likeness (QED) is 0.511. The van der Waals surface area contributed by atoms with Crippen LogP contribution < -0.4 is 0 Å². The first kappa shape index (κ1) is 17.3. The third-order valence-corrected chi connectivity index (χ3v) is 6.29. The highest BCUT2D eigenvalue weighted by Gasteiger charge is 2.48. The van der Waals surface area contributed by atoms with Crippen LogP contribution in [0.25, 0.3) is 22.6 Å². The minimum atomic E-state index is -0.538. The fraction of sp³-hybridized carbons (Fsp3) is 0.261. The molecule has 1 N–H and O–H groups in total. The third kappa shape index (κ3) is 2.62. The molecule has 6 rings (SSSR count). The molecule has 0 radical (unpaired) electrons. The lowest BCUT2D eigenvalue weighted by Gasteiger charge is -2.35. The fourth-order valence-corrected chi connectivity index (χ4v) is 4.70. The number of benzene rings is 1. The number of hydrogen-bond acceptors (Lipinski definition) is 6. The van der Waals surface area contributed by atoms with E-state index in [1.165, 1.54) is 0 Å². The number of H-pyrrole nitrogens is 1. The van der Waals surface area contributed by atoms with Gasteiger partial charge in [-0.2, -0.15) is 0 Å². The van der Waals surface area contributed by atoms with Gasteiger partial charge < -0.3 is 9.72 Å². The number of ether oxygens (including phenoxy) is 1. The first-order chi connectivity index (χ1) is 14.7. The van der Waals surface area contributed by atoms with Crippen molar-refractivity contribution in [3.8, 4) is 11.4 Å². The molecule has 1 saturated carbocycles. The van der Waals surface area contributed by atoms with Crippen molar-refractivity contribution in [1.82, 2.24) is 24.9 Å². The van der Waals surface area contributed by atoms with Gasteiger partial charge >= 0.3 is 5.97 Å². The van der Waals surface area contributed by atoms with E-state index >= 15 is 0 Å². The minimum Gasteiger partial charge on any atom is -0.450 e. The smallest absolute Gasteiger partial charge is 0.339 e. The Kier molecular flexibility index (Phi) is 3.71. The van der Waals surface area contributed by atoms with E-state index in [1.54, 1.807) is 24.7 Å². The van der Waals surface area contributed by atoms with Gasteiger partial charge in [-0.3, -0.25) is 4.98 Å². The Morgan fingerprint density at radius 3 is 2.70 bits per heavy atom. The van der Waals surface area contributed by atoms with Crippen molar-refractivity contribution >= 4 is 17.1 Å². The van der Waals surface area contributed by atoms with E-state index in [9.17, 15) is 4.79 Å². The molecule has 4 aromatic rings. The number of nitrogens with zero attached hydrogens (tertiary/aromatic N) is 4. The molecule has 1 fully saturated rings. The monoisotopic (exact) mass is 397 g/mol. The highest BCUT2D eigenvalue weighted by molar-refractivity contribution is 5.94. The number of imidazole rings is 1. The van der Waals surface area contributed by atoms with Gasteiger partial charge in [-0.1, -0.05) is 30.3 Å². The van der Waals surface area contributed by atoms with Crippen molar-refractivity contribution in [1.29, 1.82) is 0 Å². The first-order valence-corrected chi connectivity index (χ1v) is 10.2. The molecule has 4 heterocycles. The van der Waals surface area contributed by atoms with Crippen LogP contribution in [-0.4, -0.2) is 30.9 Å². The molecule has 0 bridgehead atoms. The zero-order valence-corrected chi connectivity index (χ0v) is 16.2. The molecule has 148 valence electrons. The second-order valence-corrected chi connectivity index (χ2v) is 8.00. The van der Waals surface area contributed by atoms with Crippen LogP contribution in [0.5, 0.6) is 0 Å². The maximum atomic E-state index is 12.3. The lowest BCUT2D eigenvalue weighted by Crippen LogP contribution is -2.31. The molecule has 1 aliphatic carbocycles. The second kappa shape index (κ2) is 6.45. The van der Waals surface area contributed by atoms with Crippen LogP contribution in [0.15, 0.2) is 55.0 Å². The van der Waals surface area contributed by atoms with Crippen LogP contribution in [0.1, 0.15) is 53.3 Å². The fourth-order valence-electron chi connectivity index (χ4n) is 4.70. The number of carbonyl (C=O) groups is 1. The number of aromatic amines is 1. The Labute approximate surface area is 172 Å². The molecule has 0 unspecified atom stereocenters. The van der Waals surface area contributed by atoms with Crippen LogP contribution in [0.2, 0.25) is 0 Å². The van der Waals surface area contributed by atoms with Gasteiger partial charge in [0.25, 0.3) is 0 Å². The molecule has 1 aliphatic heterocycles. The molecule has 30 heavy (non-hydrogen) atoms. The van der Waals surface area contributed by atoms with Crippen molar-refractivity contribution in [2.75, 3.05) is 0 Å². The van der Waals surface area contributed by atoms with Crippen LogP contribution in [0, 0.1) is 0 Å². The summed E-state index contributed by atoms with van der Waals surface area (Å²) in [5.41, 5.74) is 3.53. The summed E-state index contributed by atoms with van der Waals surface area (Å²) in [5.74, 6) is 1.63. The number of hydrogen-bond donors (Lipinski definition) is 1. The molecule has 3 aromatic heterocycles. The van der Waals surface area contributed by atoms with Gasteiger partial charge in [-0.25, -0.2) is 19.7 Å². The van der Waals surface area contributed by atoms with Crippen molar-refractivity contribution in [2.24, 2.45) is 0 Å². The highest BCUT2D eigenvalue weighted by atomic mass is 16.6. The Morgan fingerprint density at radius 1 is 1.03 bits per heavy atom. The van der Waals surface area contributed by atoms with E-state index in [-0.39, 0.29) is 11.9 Å². The molecule has 1 aromatic carbocycles. The van der Waals surface area contributed by atoms with Gasteiger partial charge in [0, 0.05) is 29.4 Å². The summed E-state index contributed by atoms with van der Waals surface area (Å²) >= 11 is 0. The number of aromatic nitrogens is 5. The molecule has 7 nitrogen and oxygen atoms in total. The van der Waals surface area contributed by atoms with Gasteiger partial charge in [0.15, 0.2) is 11.5 Å². The number of fused-ring (bicyclic) bond motifs is 3. The maximum Gasteiger partial charge on any atom is 0.339 e. The summed E-state index contributed by atoms with van der Waals surface area (Å²) in [5, 5.41) is 0. The van der Waals surface area contributed by atoms with Crippen LogP contribution in [0.4, 0.5) is 0 Å². The van der Waals surface area contributed by atoms with Gasteiger partial charge in [0.2, 0.25) is 0 Å². The van der Waals surface area contributed by atoms with Crippen LogP contribution >= 0.6 is 0 Å². The number of nitrogens with one attached hydrogen (secondary N) is 1. The third-order valence-electron chi connectivity index (χ3n) is 6.29. The van der Waals surface area contributed by atoms with E-state index in [0.29, 0.717) is 17.0 Å². The summed E-state index contributed by atoms with van der Waals surface area (Å²) in [4.78, 5) is 33.8. The molecule has 7 heteroatoms. The summed E-state index contributed by atoms with van der Waals surface area (Å²) in [6.45, 7) is 0. The van der Waals surface area contributed by atoms with Gasteiger partial charge in [-0.05, 0) is 31.7 Å². The number of rotatable bonds is 2. The lowest BCUT2D eigenvalue weighted by molar-refractivity contribution is -0.0313. The van der Waals surface area contributed by atoms with Gasteiger partial charge in [-0.15, -0.1) is 0 Å². The van der Waals surface area contributed by atoms with E-state index in [4.69, 9.17) is 9.72 Å². The van der Waals surface area contributed by atoms with Crippen molar-refractivity contribution in [3.05, 3.63) is 71.9 Å². The predicted octanol–water partition coefficient (Wildman–Crippen LogP) is 4.14. The largest absolute Gasteiger partial charge is 0.450 e. The normalized spacial score (nSPS) is 22.9. The number of pyridine rings is 1. The van der Waals surface area contributed by atoms with Gasteiger partial charge in [0.1, 0.15) is 16.9 Å². The van der Waals surface area contributed by atoms with E-state index in [2.05, 4.69) is 19.9 Å². The number of esters is 1. The molecular formula is C23H19N5O2. The average molecular weight is 397 g/mol. The molecule has 0 atom stereocenters. The Morgan fingerprint density at radius 2 is 1.87 bits per heavy atom. The molecule has 0 amide bonds. The zero-order valence-electron chi connectivity index (χ0n) is 16.2. The summed E-state index contributed by atoms with van der Waals surface area (Å²) in [7, 11) is 0. The maximum absolute atomic E-state index is 12.3. The van der Waals surface area contributed by atoms with E-state index in [1.807, 2.05) is 30.3 Å². The Bertz CT molecular complexity index is 1260. The zero-order chi connectivity index (χ0) is 20.1. The van der Waals surface area contributed by atoms with Crippen LogP contribution in [-0.2, 0) is 10.3 Å². The second-order valence-electron chi connectivity index (χ2n) is 8.00. The molecule has 0 saturated heterocycles.